The molecule has 0 spiro atoms. The van der Waals surface area contributed by atoms with E-state index in [1.165, 1.54) is 18.2 Å². The van der Waals surface area contributed by atoms with Crippen molar-refractivity contribution in [1.29, 1.82) is 5.26 Å². The summed E-state index contributed by atoms with van der Waals surface area (Å²) in [7, 11) is 0. The molecule has 1 amide bonds. The maximum absolute atomic E-state index is 12.7. The molecule has 178 valence electrons. The van der Waals surface area contributed by atoms with Gasteiger partial charge in [-0.1, -0.05) is 42.0 Å². The van der Waals surface area contributed by atoms with Gasteiger partial charge in [-0.05, 0) is 71.2 Å². The van der Waals surface area contributed by atoms with Crippen LogP contribution >= 0.6 is 15.9 Å². The summed E-state index contributed by atoms with van der Waals surface area (Å²) < 4.78 is 12.4. The smallest absolute Gasteiger partial charge is 0.337 e. The maximum Gasteiger partial charge on any atom is 0.337 e. The number of benzene rings is 3. The zero-order valence-electron chi connectivity index (χ0n) is 19.2. The Morgan fingerprint density at radius 1 is 1.11 bits per heavy atom. The van der Waals surface area contributed by atoms with E-state index in [4.69, 9.17) is 9.47 Å². The molecule has 0 unspecified atom stereocenters. The number of rotatable bonds is 9. The van der Waals surface area contributed by atoms with Gasteiger partial charge in [0.25, 0.3) is 5.91 Å². The van der Waals surface area contributed by atoms with Gasteiger partial charge < -0.3 is 19.9 Å². The number of ether oxygens (including phenoxy) is 2. The number of aryl methyl sites for hydroxylation is 1. The van der Waals surface area contributed by atoms with Gasteiger partial charge in [-0.3, -0.25) is 4.79 Å². The van der Waals surface area contributed by atoms with E-state index in [9.17, 15) is 20.0 Å². The first-order chi connectivity index (χ1) is 16.8. The number of halogens is 1. The average Bonchev–Trinajstić information content (AvgIpc) is 2.82. The molecule has 0 saturated carbocycles. The quantitative estimate of drug-likeness (QED) is 0.258. The highest BCUT2D eigenvalue weighted by Crippen LogP contribution is 2.38. The van der Waals surface area contributed by atoms with E-state index in [1.807, 2.05) is 44.2 Å². The van der Waals surface area contributed by atoms with Crippen molar-refractivity contribution in [3.8, 4) is 17.6 Å². The van der Waals surface area contributed by atoms with E-state index in [2.05, 4.69) is 21.2 Å². The van der Waals surface area contributed by atoms with E-state index in [1.54, 1.807) is 24.3 Å². The first-order valence-electron chi connectivity index (χ1n) is 10.7. The van der Waals surface area contributed by atoms with Gasteiger partial charge >= 0.3 is 5.97 Å². The second-order valence-corrected chi connectivity index (χ2v) is 8.37. The molecule has 2 N–H and O–H groups in total. The zero-order chi connectivity index (χ0) is 25.4. The monoisotopic (exact) mass is 534 g/mol. The fourth-order valence-electron chi connectivity index (χ4n) is 3.32. The van der Waals surface area contributed by atoms with Crippen LogP contribution < -0.4 is 14.8 Å². The van der Waals surface area contributed by atoms with Crippen molar-refractivity contribution in [1.82, 2.24) is 0 Å². The van der Waals surface area contributed by atoms with Crippen LogP contribution in [0.3, 0.4) is 0 Å². The number of carbonyl (C=O) groups excluding carboxylic acids is 1. The fraction of sp³-hybridized carbons (Fsp3) is 0.148. The predicted molar refractivity (Wildman–Crippen MR) is 136 cm³/mol. The molecule has 3 rings (SSSR count). The van der Waals surface area contributed by atoms with Crippen LogP contribution in [0.4, 0.5) is 5.69 Å². The van der Waals surface area contributed by atoms with Crippen molar-refractivity contribution in [2.45, 2.75) is 20.5 Å². The minimum atomic E-state index is -1.19. The molecule has 0 saturated heterocycles. The molecule has 0 atom stereocenters. The molecule has 35 heavy (non-hydrogen) atoms. The van der Waals surface area contributed by atoms with E-state index in [0.29, 0.717) is 34.7 Å². The molecule has 8 heteroatoms. The lowest BCUT2D eigenvalue weighted by molar-refractivity contribution is -0.112. The van der Waals surface area contributed by atoms with Gasteiger partial charge in [-0.25, -0.2) is 4.79 Å². The summed E-state index contributed by atoms with van der Waals surface area (Å²) in [4.78, 5) is 24.1. The van der Waals surface area contributed by atoms with Crippen LogP contribution in [-0.2, 0) is 11.4 Å². The third kappa shape index (κ3) is 6.71. The third-order valence-corrected chi connectivity index (χ3v) is 5.47. The van der Waals surface area contributed by atoms with Crippen LogP contribution in [0.15, 0.2) is 70.7 Å². The zero-order valence-corrected chi connectivity index (χ0v) is 20.8. The molecule has 3 aromatic carbocycles. The number of nitriles is 1. The lowest BCUT2D eigenvalue weighted by Crippen LogP contribution is -2.16. The molecule has 0 aliphatic carbocycles. The largest absolute Gasteiger partial charge is 0.490 e. The standard InChI is InChI=1S/C27H23BrN2O5/c1-3-34-24-14-19(13-22(28)25(24)35-16-18-8-6-7-17(2)11-18)12-20(15-29)26(31)30-23-10-5-4-9-21(23)27(32)33/h4-14H,3,16H2,1-2H3,(H,30,31)(H,32,33)/b20-12+. The fourth-order valence-corrected chi connectivity index (χ4v) is 3.89. The highest BCUT2D eigenvalue weighted by Gasteiger charge is 2.17. The van der Waals surface area contributed by atoms with Gasteiger partial charge in [-0.15, -0.1) is 0 Å². The lowest BCUT2D eigenvalue weighted by Gasteiger charge is -2.15. The molecule has 3 aromatic rings. The molecular weight excluding hydrogens is 512 g/mol. The first-order valence-corrected chi connectivity index (χ1v) is 11.5. The van der Waals surface area contributed by atoms with E-state index >= 15 is 0 Å². The van der Waals surface area contributed by atoms with Crippen molar-refractivity contribution < 1.29 is 24.2 Å². The van der Waals surface area contributed by atoms with Crippen LogP contribution in [0.2, 0.25) is 0 Å². The number of hydrogen-bond donors (Lipinski definition) is 2. The van der Waals surface area contributed by atoms with Crippen molar-refractivity contribution >= 4 is 39.6 Å². The normalized spacial score (nSPS) is 10.9. The molecule has 0 bridgehead atoms. The number of hydrogen-bond acceptors (Lipinski definition) is 5. The van der Waals surface area contributed by atoms with Gasteiger partial charge in [0.2, 0.25) is 0 Å². The minimum Gasteiger partial charge on any atom is -0.490 e. The highest BCUT2D eigenvalue weighted by molar-refractivity contribution is 9.10. The molecule has 0 aliphatic heterocycles. The van der Waals surface area contributed by atoms with Crippen LogP contribution in [-0.4, -0.2) is 23.6 Å². The number of carboxylic acids is 1. The summed E-state index contributed by atoms with van der Waals surface area (Å²) in [6.45, 7) is 4.58. The first kappa shape index (κ1) is 25.5. The van der Waals surface area contributed by atoms with Crippen LogP contribution in [0, 0.1) is 18.3 Å². The van der Waals surface area contributed by atoms with Crippen LogP contribution in [0.25, 0.3) is 6.08 Å². The average molecular weight is 535 g/mol. The summed E-state index contributed by atoms with van der Waals surface area (Å²) in [6, 6.07) is 19.2. The SMILES string of the molecule is CCOc1cc(/C=C(\C#N)C(=O)Nc2ccccc2C(=O)O)cc(Br)c1OCc1cccc(C)c1. The maximum atomic E-state index is 12.7. The Morgan fingerprint density at radius 2 is 1.89 bits per heavy atom. The number of nitrogens with zero attached hydrogens (tertiary/aromatic N) is 1. The molecule has 0 radical (unpaired) electrons. The Labute approximate surface area is 211 Å². The number of para-hydroxylation sites is 1. The Bertz CT molecular complexity index is 1330. The van der Waals surface area contributed by atoms with Gasteiger partial charge in [0.15, 0.2) is 11.5 Å². The van der Waals surface area contributed by atoms with Crippen molar-refractivity contribution in [2.75, 3.05) is 11.9 Å². The summed E-state index contributed by atoms with van der Waals surface area (Å²) in [5.74, 6) is -0.955. The Kier molecular flexibility index (Phi) is 8.65. The lowest BCUT2D eigenvalue weighted by atomic mass is 10.1. The van der Waals surface area contributed by atoms with E-state index in [0.717, 1.165) is 11.1 Å². The van der Waals surface area contributed by atoms with Crippen molar-refractivity contribution in [3.05, 3.63) is 93.0 Å². The van der Waals surface area contributed by atoms with Crippen molar-refractivity contribution in [3.63, 3.8) is 0 Å². The number of anilines is 1. The van der Waals surface area contributed by atoms with Gasteiger partial charge in [0.05, 0.1) is 22.3 Å². The second kappa shape index (κ2) is 11.9. The Hall–Kier alpha value is -4.09. The number of nitrogens with one attached hydrogen (secondary N) is 1. The molecule has 0 heterocycles. The molecule has 7 nitrogen and oxygen atoms in total. The molecular formula is C27H23BrN2O5. The Morgan fingerprint density at radius 3 is 2.57 bits per heavy atom. The van der Waals surface area contributed by atoms with Crippen LogP contribution in [0.1, 0.15) is 34.0 Å². The van der Waals surface area contributed by atoms with E-state index in [-0.39, 0.29) is 16.8 Å². The predicted octanol–water partition coefficient (Wildman–Crippen LogP) is 5.98. The topological polar surface area (TPSA) is 109 Å². The number of carboxylic acid groups (broad SMARTS) is 1. The second-order valence-electron chi connectivity index (χ2n) is 7.52. The highest BCUT2D eigenvalue weighted by atomic mass is 79.9. The number of amides is 1. The summed E-state index contributed by atoms with van der Waals surface area (Å²) >= 11 is 3.50. The third-order valence-electron chi connectivity index (χ3n) is 4.88. The summed E-state index contributed by atoms with van der Waals surface area (Å²) in [5.41, 5.74) is 2.49. The van der Waals surface area contributed by atoms with Gasteiger partial charge in [0, 0.05) is 0 Å². The van der Waals surface area contributed by atoms with E-state index < -0.39 is 11.9 Å². The minimum absolute atomic E-state index is 0.0744. The van der Waals surface area contributed by atoms with Crippen LogP contribution in [0.5, 0.6) is 11.5 Å². The van der Waals surface area contributed by atoms with Gasteiger partial charge in [-0.2, -0.15) is 5.26 Å². The molecule has 0 aromatic heterocycles. The molecule has 0 fully saturated rings. The summed E-state index contributed by atoms with van der Waals surface area (Å²) in [6.07, 6.45) is 1.40. The Balaban J connectivity index is 1.87. The van der Waals surface area contributed by atoms with Gasteiger partial charge in [0.1, 0.15) is 18.2 Å². The summed E-state index contributed by atoms with van der Waals surface area (Å²) in [5, 5.41) is 21.4. The van der Waals surface area contributed by atoms with Crippen molar-refractivity contribution in [2.24, 2.45) is 0 Å². The number of carbonyl (C=O) groups is 2. The number of aromatic carboxylic acids is 1. The molecule has 0 aliphatic rings.